The normalized spacial score (nSPS) is 9.31. The van der Waals surface area contributed by atoms with E-state index < -0.39 is 0 Å². The Balaban J connectivity index is 0.000000845. The maximum absolute atomic E-state index is 5.78. The molecular formula is C10H8ClNaS. The van der Waals surface area contributed by atoms with Gasteiger partial charge in [0.1, 0.15) is 0 Å². The summed E-state index contributed by atoms with van der Waals surface area (Å²) < 4.78 is 0. The number of hydrogen-bond acceptors (Lipinski definition) is 1. The van der Waals surface area contributed by atoms with Crippen molar-refractivity contribution in [2.45, 2.75) is 0 Å². The number of benzene rings is 1. The van der Waals surface area contributed by atoms with E-state index in [1.807, 2.05) is 24.3 Å². The van der Waals surface area contributed by atoms with Crippen molar-refractivity contribution in [3.8, 4) is 10.4 Å². The molecule has 0 radical (unpaired) electrons. The standard InChI is InChI=1S/C10H7ClS.Na.H/c11-9-5-3-8(4-6-9)10-2-1-7-12-10;;/h1-7H;;. The molecule has 3 heteroatoms. The second kappa shape index (κ2) is 5.18. The van der Waals surface area contributed by atoms with Gasteiger partial charge in [-0.25, -0.2) is 0 Å². The van der Waals surface area contributed by atoms with Crippen LogP contribution in [0.15, 0.2) is 41.8 Å². The van der Waals surface area contributed by atoms with Crippen molar-refractivity contribution >= 4 is 52.5 Å². The van der Waals surface area contributed by atoms with Gasteiger partial charge in [-0.3, -0.25) is 0 Å². The quantitative estimate of drug-likeness (QED) is 0.644. The van der Waals surface area contributed by atoms with Gasteiger partial charge in [0.25, 0.3) is 0 Å². The Morgan fingerprint density at radius 2 is 1.69 bits per heavy atom. The van der Waals surface area contributed by atoms with Gasteiger partial charge in [-0.1, -0.05) is 29.8 Å². The molecular weight excluding hydrogens is 211 g/mol. The molecule has 0 atom stereocenters. The van der Waals surface area contributed by atoms with Gasteiger partial charge in [-0.05, 0) is 29.1 Å². The summed E-state index contributed by atoms with van der Waals surface area (Å²) in [4.78, 5) is 1.28. The second-order valence-electron chi connectivity index (χ2n) is 2.48. The first kappa shape index (κ1) is 11.3. The SMILES string of the molecule is Clc1ccc(-c2cccs2)cc1.[NaH]. The molecule has 0 aliphatic carbocycles. The van der Waals surface area contributed by atoms with Crippen LogP contribution in [0.3, 0.4) is 0 Å². The van der Waals surface area contributed by atoms with Gasteiger partial charge in [0, 0.05) is 9.90 Å². The Labute approximate surface area is 109 Å². The summed E-state index contributed by atoms with van der Waals surface area (Å²) in [7, 11) is 0. The Morgan fingerprint density at radius 1 is 1.00 bits per heavy atom. The van der Waals surface area contributed by atoms with Crippen LogP contribution in [0.4, 0.5) is 0 Å². The van der Waals surface area contributed by atoms with Gasteiger partial charge in [0.05, 0.1) is 0 Å². The van der Waals surface area contributed by atoms with Crippen LogP contribution in [0.5, 0.6) is 0 Å². The Bertz CT molecular complexity index is 353. The second-order valence-corrected chi connectivity index (χ2v) is 3.87. The third kappa shape index (κ3) is 2.83. The minimum atomic E-state index is 0. The van der Waals surface area contributed by atoms with Gasteiger partial charge < -0.3 is 0 Å². The van der Waals surface area contributed by atoms with Crippen LogP contribution in [0.2, 0.25) is 5.02 Å². The Hall–Kier alpha value is 0.210. The number of hydrogen-bond donors (Lipinski definition) is 0. The molecule has 1 aromatic heterocycles. The first-order valence-electron chi connectivity index (χ1n) is 3.66. The van der Waals surface area contributed by atoms with Gasteiger partial charge >= 0.3 is 29.6 Å². The van der Waals surface area contributed by atoms with E-state index in [1.54, 1.807) is 11.3 Å². The van der Waals surface area contributed by atoms with Crippen molar-refractivity contribution in [2.24, 2.45) is 0 Å². The zero-order chi connectivity index (χ0) is 8.39. The van der Waals surface area contributed by atoms with Crippen LogP contribution in [-0.2, 0) is 0 Å². The summed E-state index contributed by atoms with van der Waals surface area (Å²) in [5.74, 6) is 0. The molecule has 13 heavy (non-hydrogen) atoms. The predicted molar refractivity (Wildman–Crippen MR) is 61.9 cm³/mol. The van der Waals surface area contributed by atoms with E-state index in [9.17, 15) is 0 Å². The maximum atomic E-state index is 5.78. The summed E-state index contributed by atoms with van der Waals surface area (Å²) in [5, 5.41) is 2.86. The molecule has 0 amide bonds. The number of rotatable bonds is 1. The van der Waals surface area contributed by atoms with E-state index in [2.05, 4.69) is 17.5 Å². The Morgan fingerprint density at radius 3 is 2.23 bits per heavy atom. The van der Waals surface area contributed by atoms with Gasteiger partial charge in [-0.2, -0.15) is 0 Å². The predicted octanol–water partition coefficient (Wildman–Crippen LogP) is 3.42. The molecule has 2 rings (SSSR count). The van der Waals surface area contributed by atoms with Crippen molar-refractivity contribution in [3.63, 3.8) is 0 Å². The number of thiophene rings is 1. The molecule has 0 saturated carbocycles. The molecule has 62 valence electrons. The third-order valence-corrected chi connectivity index (χ3v) is 2.82. The van der Waals surface area contributed by atoms with Gasteiger partial charge in [-0.15, -0.1) is 11.3 Å². The van der Waals surface area contributed by atoms with Crippen LogP contribution in [0.25, 0.3) is 10.4 Å². The van der Waals surface area contributed by atoms with E-state index in [-0.39, 0.29) is 29.6 Å². The van der Waals surface area contributed by atoms with Crippen molar-refractivity contribution in [3.05, 3.63) is 46.8 Å². The first-order chi connectivity index (χ1) is 5.86. The first-order valence-corrected chi connectivity index (χ1v) is 4.91. The average molecular weight is 219 g/mol. The topological polar surface area (TPSA) is 0 Å². The minimum absolute atomic E-state index is 0. The van der Waals surface area contributed by atoms with E-state index >= 15 is 0 Å². The van der Waals surface area contributed by atoms with E-state index in [0.29, 0.717) is 0 Å². The molecule has 0 fully saturated rings. The van der Waals surface area contributed by atoms with Crippen molar-refractivity contribution in [1.82, 2.24) is 0 Å². The average Bonchev–Trinajstić information content (AvgIpc) is 2.58. The summed E-state index contributed by atoms with van der Waals surface area (Å²) in [6.45, 7) is 0. The van der Waals surface area contributed by atoms with Gasteiger partial charge in [0.2, 0.25) is 0 Å². The van der Waals surface area contributed by atoms with Crippen LogP contribution in [0, 0.1) is 0 Å². The van der Waals surface area contributed by atoms with Crippen molar-refractivity contribution in [2.75, 3.05) is 0 Å². The zero-order valence-electron chi connectivity index (χ0n) is 6.33. The van der Waals surface area contributed by atoms with E-state index in [0.717, 1.165) is 5.02 Å². The van der Waals surface area contributed by atoms with Crippen molar-refractivity contribution in [1.29, 1.82) is 0 Å². The number of halogens is 1. The van der Waals surface area contributed by atoms with Crippen LogP contribution >= 0.6 is 22.9 Å². The van der Waals surface area contributed by atoms with Crippen LogP contribution in [0.1, 0.15) is 0 Å². The van der Waals surface area contributed by atoms with E-state index in [1.165, 1.54) is 10.4 Å². The van der Waals surface area contributed by atoms with Gasteiger partial charge in [0.15, 0.2) is 0 Å². The zero-order valence-corrected chi connectivity index (χ0v) is 7.90. The molecule has 0 nitrogen and oxygen atoms in total. The summed E-state index contributed by atoms with van der Waals surface area (Å²) >= 11 is 7.52. The summed E-state index contributed by atoms with van der Waals surface area (Å²) in [6, 6.07) is 12.1. The molecule has 0 saturated heterocycles. The summed E-state index contributed by atoms with van der Waals surface area (Å²) in [5.41, 5.74) is 1.23. The van der Waals surface area contributed by atoms with Crippen LogP contribution in [-0.4, -0.2) is 29.6 Å². The molecule has 0 unspecified atom stereocenters. The molecule has 0 bridgehead atoms. The van der Waals surface area contributed by atoms with Crippen molar-refractivity contribution < 1.29 is 0 Å². The molecule has 1 heterocycles. The van der Waals surface area contributed by atoms with E-state index in [4.69, 9.17) is 11.6 Å². The molecule has 0 spiro atoms. The molecule has 0 aliphatic rings. The fourth-order valence-electron chi connectivity index (χ4n) is 1.06. The molecule has 2 aromatic rings. The molecule has 0 N–H and O–H groups in total. The molecule has 1 aromatic carbocycles. The summed E-state index contributed by atoms with van der Waals surface area (Å²) in [6.07, 6.45) is 0. The third-order valence-electron chi connectivity index (χ3n) is 1.65. The fraction of sp³-hybridized carbons (Fsp3) is 0. The van der Waals surface area contributed by atoms with Crippen LogP contribution < -0.4 is 0 Å². The molecule has 0 aliphatic heterocycles. The fourth-order valence-corrected chi connectivity index (χ4v) is 1.92. The Kier molecular flexibility index (Phi) is 4.50. The monoisotopic (exact) mass is 218 g/mol.